The van der Waals surface area contributed by atoms with E-state index in [9.17, 15) is 0 Å². The minimum absolute atomic E-state index is 0.501. The van der Waals surface area contributed by atoms with E-state index in [1.807, 2.05) is 0 Å². The average Bonchev–Trinajstić information content (AvgIpc) is 2.78. The quantitative estimate of drug-likeness (QED) is 0.825. The maximum absolute atomic E-state index is 3.67. The first kappa shape index (κ1) is 14.3. The Balaban J connectivity index is 2.03. The summed E-state index contributed by atoms with van der Waals surface area (Å²) >= 11 is 0. The second kappa shape index (κ2) is 5.92. The molecule has 0 aromatic rings. The van der Waals surface area contributed by atoms with Crippen molar-refractivity contribution >= 4 is 0 Å². The zero-order valence-electron chi connectivity index (χ0n) is 12.8. The normalized spacial score (nSPS) is 32.3. The summed E-state index contributed by atoms with van der Waals surface area (Å²) in [4.78, 5) is 2.79. The maximum Gasteiger partial charge on any atom is 0.0195 e. The van der Waals surface area contributed by atoms with Gasteiger partial charge in [-0.25, -0.2) is 0 Å². The molecule has 2 rings (SSSR count). The Labute approximate surface area is 114 Å². The van der Waals surface area contributed by atoms with Gasteiger partial charge < -0.3 is 5.32 Å². The van der Waals surface area contributed by atoms with E-state index in [1.165, 1.54) is 51.6 Å². The van der Waals surface area contributed by atoms with Gasteiger partial charge in [0.1, 0.15) is 0 Å². The number of rotatable bonds is 4. The van der Waals surface area contributed by atoms with Crippen LogP contribution in [0.15, 0.2) is 0 Å². The molecule has 2 heteroatoms. The Morgan fingerprint density at radius 1 is 1.17 bits per heavy atom. The standard InChI is InChI=1S/C16H32N2/c1-13(2)18(12-14-8-7-11-17-14)15-9-5-6-10-16(15,3)4/h13-15,17H,5-12H2,1-4H3. The lowest BCUT2D eigenvalue weighted by molar-refractivity contribution is 0.0223. The molecule has 2 unspecified atom stereocenters. The van der Waals surface area contributed by atoms with Gasteiger partial charge in [-0.2, -0.15) is 0 Å². The van der Waals surface area contributed by atoms with E-state index in [2.05, 4.69) is 37.9 Å². The highest BCUT2D eigenvalue weighted by molar-refractivity contribution is 4.93. The van der Waals surface area contributed by atoms with Crippen LogP contribution in [0.3, 0.4) is 0 Å². The molecule has 1 saturated heterocycles. The van der Waals surface area contributed by atoms with Gasteiger partial charge in [0.25, 0.3) is 0 Å². The SMILES string of the molecule is CC(C)N(CC1CCCN1)C1CCCCC1(C)C. The highest BCUT2D eigenvalue weighted by Gasteiger charge is 2.38. The molecular weight excluding hydrogens is 220 g/mol. The van der Waals surface area contributed by atoms with Crippen LogP contribution in [0, 0.1) is 5.41 Å². The summed E-state index contributed by atoms with van der Waals surface area (Å²) in [7, 11) is 0. The van der Waals surface area contributed by atoms with Gasteiger partial charge >= 0.3 is 0 Å². The maximum atomic E-state index is 3.67. The second-order valence-corrected chi connectivity index (χ2v) is 7.33. The number of nitrogens with zero attached hydrogens (tertiary/aromatic N) is 1. The third-order valence-corrected chi connectivity index (χ3v) is 5.11. The molecule has 1 aliphatic heterocycles. The minimum atomic E-state index is 0.501. The molecule has 0 aromatic carbocycles. The summed E-state index contributed by atoms with van der Waals surface area (Å²) in [6, 6.07) is 2.20. The lowest BCUT2D eigenvalue weighted by atomic mass is 9.72. The summed E-state index contributed by atoms with van der Waals surface area (Å²) in [5, 5.41) is 3.67. The second-order valence-electron chi connectivity index (χ2n) is 7.33. The van der Waals surface area contributed by atoms with Crippen LogP contribution in [0.4, 0.5) is 0 Å². The summed E-state index contributed by atoms with van der Waals surface area (Å²) in [5.41, 5.74) is 0.501. The van der Waals surface area contributed by atoms with Crippen LogP contribution in [0.5, 0.6) is 0 Å². The molecule has 106 valence electrons. The van der Waals surface area contributed by atoms with Crippen LogP contribution in [0.25, 0.3) is 0 Å². The summed E-state index contributed by atoms with van der Waals surface area (Å²) < 4.78 is 0. The van der Waals surface area contributed by atoms with Crippen LogP contribution in [0.1, 0.15) is 66.2 Å². The molecule has 2 fully saturated rings. The fourth-order valence-corrected chi connectivity index (χ4v) is 3.96. The van der Waals surface area contributed by atoms with Crippen molar-refractivity contribution < 1.29 is 0 Å². The predicted molar refractivity (Wildman–Crippen MR) is 78.9 cm³/mol. The van der Waals surface area contributed by atoms with Crippen LogP contribution < -0.4 is 5.32 Å². The molecule has 0 spiro atoms. The summed E-state index contributed by atoms with van der Waals surface area (Å²) in [6.45, 7) is 12.2. The lowest BCUT2D eigenvalue weighted by Gasteiger charge is -2.48. The Kier molecular flexibility index (Phi) is 4.71. The molecule has 0 radical (unpaired) electrons. The third kappa shape index (κ3) is 3.27. The molecule has 18 heavy (non-hydrogen) atoms. The summed E-state index contributed by atoms with van der Waals surface area (Å²) in [5.74, 6) is 0. The van der Waals surface area contributed by atoms with Gasteiger partial charge in [0.05, 0.1) is 0 Å². The van der Waals surface area contributed by atoms with Crippen molar-refractivity contribution in [3.05, 3.63) is 0 Å². The van der Waals surface area contributed by atoms with Crippen molar-refractivity contribution in [3.63, 3.8) is 0 Å². The topological polar surface area (TPSA) is 15.3 Å². The Morgan fingerprint density at radius 2 is 1.94 bits per heavy atom. The van der Waals surface area contributed by atoms with E-state index in [0.29, 0.717) is 11.5 Å². The van der Waals surface area contributed by atoms with E-state index in [-0.39, 0.29) is 0 Å². The van der Waals surface area contributed by atoms with Crippen molar-refractivity contribution in [1.29, 1.82) is 0 Å². The van der Waals surface area contributed by atoms with Crippen LogP contribution in [0.2, 0.25) is 0 Å². The average molecular weight is 252 g/mol. The first-order chi connectivity index (χ1) is 8.50. The molecular formula is C16H32N2. The molecule has 2 atom stereocenters. The predicted octanol–water partition coefficient (Wildman–Crippen LogP) is 3.42. The van der Waals surface area contributed by atoms with Gasteiger partial charge in [-0.15, -0.1) is 0 Å². The smallest absolute Gasteiger partial charge is 0.0195 e. The first-order valence-electron chi connectivity index (χ1n) is 8.00. The van der Waals surface area contributed by atoms with E-state index in [4.69, 9.17) is 0 Å². The number of nitrogens with one attached hydrogen (secondary N) is 1. The number of hydrogen-bond donors (Lipinski definition) is 1. The van der Waals surface area contributed by atoms with Crippen molar-refractivity contribution in [2.45, 2.75) is 84.3 Å². The molecule has 0 bridgehead atoms. The monoisotopic (exact) mass is 252 g/mol. The van der Waals surface area contributed by atoms with Crippen molar-refractivity contribution in [3.8, 4) is 0 Å². The van der Waals surface area contributed by atoms with Gasteiger partial charge in [-0.1, -0.05) is 26.7 Å². The molecule has 0 aromatic heterocycles. The van der Waals surface area contributed by atoms with E-state index in [0.717, 1.165) is 12.1 Å². The van der Waals surface area contributed by atoms with E-state index < -0.39 is 0 Å². The highest BCUT2D eigenvalue weighted by Crippen LogP contribution is 2.39. The van der Waals surface area contributed by atoms with Gasteiger partial charge in [-0.05, 0) is 51.5 Å². The Morgan fingerprint density at radius 3 is 2.50 bits per heavy atom. The zero-order chi connectivity index (χ0) is 13.2. The van der Waals surface area contributed by atoms with Crippen molar-refractivity contribution in [1.82, 2.24) is 10.2 Å². The zero-order valence-corrected chi connectivity index (χ0v) is 12.8. The fraction of sp³-hybridized carbons (Fsp3) is 1.00. The van der Waals surface area contributed by atoms with Gasteiger partial charge in [0, 0.05) is 24.7 Å². The van der Waals surface area contributed by atoms with Gasteiger partial charge in [-0.3, -0.25) is 4.90 Å². The molecule has 2 nitrogen and oxygen atoms in total. The minimum Gasteiger partial charge on any atom is -0.313 e. The van der Waals surface area contributed by atoms with Gasteiger partial charge in [0.15, 0.2) is 0 Å². The van der Waals surface area contributed by atoms with Crippen LogP contribution >= 0.6 is 0 Å². The third-order valence-electron chi connectivity index (χ3n) is 5.11. The number of hydrogen-bond acceptors (Lipinski definition) is 2. The van der Waals surface area contributed by atoms with E-state index >= 15 is 0 Å². The Hall–Kier alpha value is -0.0800. The molecule has 1 heterocycles. The molecule has 1 N–H and O–H groups in total. The van der Waals surface area contributed by atoms with Gasteiger partial charge in [0.2, 0.25) is 0 Å². The largest absolute Gasteiger partial charge is 0.313 e. The fourth-order valence-electron chi connectivity index (χ4n) is 3.96. The van der Waals surface area contributed by atoms with Crippen molar-refractivity contribution in [2.24, 2.45) is 5.41 Å². The van der Waals surface area contributed by atoms with Crippen molar-refractivity contribution in [2.75, 3.05) is 13.1 Å². The molecule has 1 saturated carbocycles. The lowest BCUT2D eigenvalue weighted by Crippen LogP contribution is -2.53. The molecule has 2 aliphatic rings. The van der Waals surface area contributed by atoms with Crippen LogP contribution in [-0.4, -0.2) is 36.1 Å². The molecule has 1 aliphatic carbocycles. The first-order valence-corrected chi connectivity index (χ1v) is 8.00. The summed E-state index contributed by atoms with van der Waals surface area (Å²) in [6.07, 6.45) is 8.39. The molecule has 0 amide bonds. The van der Waals surface area contributed by atoms with Crippen LogP contribution in [-0.2, 0) is 0 Å². The van der Waals surface area contributed by atoms with E-state index in [1.54, 1.807) is 0 Å². The highest BCUT2D eigenvalue weighted by atomic mass is 15.2. The Bertz CT molecular complexity index is 254.